The Hall–Kier alpha value is -2.80. The summed E-state index contributed by atoms with van der Waals surface area (Å²) in [6, 6.07) is 2.62. The molecule has 7 nitrogen and oxygen atoms in total. The lowest BCUT2D eigenvalue weighted by molar-refractivity contribution is 0.0525. The zero-order chi connectivity index (χ0) is 23.5. The Morgan fingerprint density at radius 1 is 1.03 bits per heavy atom. The molecule has 0 saturated carbocycles. The van der Waals surface area contributed by atoms with E-state index in [1.807, 2.05) is 6.20 Å². The van der Waals surface area contributed by atoms with Crippen LogP contribution in [0.15, 0.2) is 57.6 Å². The third-order valence-corrected chi connectivity index (χ3v) is 7.67. The normalized spacial score (nSPS) is 23.3. The van der Waals surface area contributed by atoms with Gasteiger partial charge in [-0.3, -0.25) is 0 Å². The van der Waals surface area contributed by atoms with Crippen LogP contribution in [0.25, 0.3) is 5.70 Å². The van der Waals surface area contributed by atoms with E-state index in [2.05, 4.69) is 65.1 Å². The molecule has 0 radical (unpaired) electrons. The Morgan fingerprint density at radius 2 is 1.85 bits per heavy atom. The van der Waals surface area contributed by atoms with Gasteiger partial charge in [-0.25, -0.2) is 9.98 Å². The van der Waals surface area contributed by atoms with Crippen LogP contribution in [0.1, 0.15) is 46.0 Å². The average molecular weight is 463 g/mol. The van der Waals surface area contributed by atoms with E-state index in [-0.39, 0.29) is 0 Å². The number of rotatable bonds is 5. The molecule has 0 bridgehead atoms. The summed E-state index contributed by atoms with van der Waals surface area (Å²) in [4.78, 5) is 20.4. The smallest absolute Gasteiger partial charge is 0.138 e. The maximum atomic E-state index is 5.55. The molecule has 1 N–H and O–H groups in total. The van der Waals surface area contributed by atoms with Crippen molar-refractivity contribution in [3.8, 4) is 0 Å². The monoisotopic (exact) mass is 462 g/mol. The molecule has 1 aromatic rings. The van der Waals surface area contributed by atoms with Crippen molar-refractivity contribution in [3.63, 3.8) is 0 Å². The highest BCUT2D eigenvalue weighted by molar-refractivity contribution is 5.94. The summed E-state index contributed by atoms with van der Waals surface area (Å²) in [5.41, 5.74) is 6.55. The fourth-order valence-corrected chi connectivity index (χ4v) is 5.35. The fourth-order valence-electron chi connectivity index (χ4n) is 5.35. The van der Waals surface area contributed by atoms with Crippen LogP contribution in [0, 0.1) is 0 Å². The second kappa shape index (κ2) is 10.2. The summed E-state index contributed by atoms with van der Waals surface area (Å²) in [5, 5.41) is 1.25. The minimum Gasteiger partial charge on any atom is -0.378 e. The Bertz CT molecular complexity index is 1130. The van der Waals surface area contributed by atoms with Crippen molar-refractivity contribution in [2.24, 2.45) is 9.98 Å². The van der Waals surface area contributed by atoms with Gasteiger partial charge in [0.1, 0.15) is 11.3 Å². The first kappa shape index (κ1) is 23.0. The molecular formula is C27H38N6O. The number of ether oxygens (including phenoxy) is 1. The molecule has 0 amide bonds. The number of allylic oxidation sites excluding steroid dienone is 1. The zero-order valence-corrected chi connectivity index (χ0v) is 20.9. The Labute approximate surface area is 202 Å². The van der Waals surface area contributed by atoms with E-state index in [1.54, 1.807) is 0 Å². The van der Waals surface area contributed by atoms with E-state index in [0.29, 0.717) is 6.04 Å². The molecule has 0 aromatic carbocycles. The first-order valence-electron chi connectivity index (χ1n) is 12.8. The number of hydrogen-bond donors (Lipinski definition) is 1. The van der Waals surface area contributed by atoms with Gasteiger partial charge in [0, 0.05) is 87.3 Å². The van der Waals surface area contributed by atoms with Gasteiger partial charge in [-0.15, -0.1) is 0 Å². The van der Waals surface area contributed by atoms with Crippen LogP contribution < -0.4 is 10.7 Å². The van der Waals surface area contributed by atoms with E-state index in [4.69, 9.17) is 14.7 Å². The van der Waals surface area contributed by atoms with Crippen molar-refractivity contribution >= 4 is 11.5 Å². The minimum atomic E-state index is 0.440. The highest BCUT2D eigenvalue weighted by Gasteiger charge is 2.30. The van der Waals surface area contributed by atoms with Crippen molar-refractivity contribution in [1.29, 1.82) is 0 Å². The number of H-pyrrole nitrogens is 1. The fraction of sp³-hybridized carbons (Fsp3) is 0.556. The molecule has 1 unspecified atom stereocenters. The third-order valence-electron chi connectivity index (χ3n) is 7.67. The van der Waals surface area contributed by atoms with Crippen LogP contribution in [0.4, 0.5) is 0 Å². The number of aliphatic imine (C=N–C) groups is 1. The number of likely N-dealkylation sites (N-methyl/N-ethyl adjacent to an activating group) is 1. The van der Waals surface area contributed by atoms with Crippen LogP contribution >= 0.6 is 0 Å². The molecule has 1 atom stereocenters. The van der Waals surface area contributed by atoms with E-state index < -0.39 is 0 Å². The van der Waals surface area contributed by atoms with Gasteiger partial charge in [-0.05, 0) is 37.0 Å². The Balaban J connectivity index is 1.36. The lowest BCUT2D eigenvalue weighted by Gasteiger charge is -2.30. The number of aromatic nitrogens is 1. The van der Waals surface area contributed by atoms with Gasteiger partial charge in [0.05, 0.1) is 13.2 Å². The molecule has 4 aliphatic rings. The van der Waals surface area contributed by atoms with Crippen LogP contribution in [0.3, 0.4) is 0 Å². The first-order chi connectivity index (χ1) is 16.7. The molecule has 5 rings (SSSR count). The van der Waals surface area contributed by atoms with E-state index in [0.717, 1.165) is 82.8 Å². The maximum Gasteiger partial charge on any atom is 0.138 e. The standard InChI is InChI=1S/C27H38N6O/c1-4-20-14-23(32-10-12-34-13-11-32)18-29-26(16-20)31(3)22-7-9-33(19-22)25-15-21(5-2)17-30-27-24(25)6-8-28-27/h6,8,16-18,22H,4-5,7,9-15,19H2,1-3H3,(H,28,30). The van der Waals surface area contributed by atoms with Crippen molar-refractivity contribution in [2.45, 2.75) is 52.0 Å². The second-order valence-corrected chi connectivity index (χ2v) is 9.67. The number of likely N-dealkylation sites (tertiary alicyclic amines) is 1. The Kier molecular flexibility index (Phi) is 6.90. The van der Waals surface area contributed by atoms with E-state index in [1.165, 1.54) is 27.8 Å². The van der Waals surface area contributed by atoms with Crippen LogP contribution in [0.2, 0.25) is 0 Å². The van der Waals surface area contributed by atoms with Crippen LogP contribution in [0.5, 0.6) is 0 Å². The molecule has 1 aromatic heterocycles. The van der Waals surface area contributed by atoms with Gasteiger partial charge >= 0.3 is 0 Å². The zero-order valence-electron chi connectivity index (χ0n) is 20.9. The number of hydrogen-bond acceptors (Lipinski definition) is 6. The summed E-state index contributed by atoms with van der Waals surface area (Å²) in [5.74, 6) is 1.09. The summed E-state index contributed by atoms with van der Waals surface area (Å²) >= 11 is 0. The largest absolute Gasteiger partial charge is 0.378 e. The summed E-state index contributed by atoms with van der Waals surface area (Å²) in [6.45, 7) is 10.1. The lowest BCUT2D eigenvalue weighted by atomic mass is 10.1. The maximum absolute atomic E-state index is 5.55. The van der Waals surface area contributed by atoms with Gasteiger partial charge in [-0.2, -0.15) is 0 Å². The van der Waals surface area contributed by atoms with Crippen molar-refractivity contribution in [3.05, 3.63) is 58.3 Å². The highest BCUT2D eigenvalue weighted by atomic mass is 16.5. The van der Waals surface area contributed by atoms with Crippen molar-refractivity contribution in [1.82, 2.24) is 19.7 Å². The van der Waals surface area contributed by atoms with Gasteiger partial charge < -0.3 is 24.4 Å². The minimum absolute atomic E-state index is 0.440. The van der Waals surface area contributed by atoms with Gasteiger partial charge in [0.25, 0.3) is 0 Å². The van der Waals surface area contributed by atoms with Gasteiger partial charge in [-0.1, -0.05) is 19.4 Å². The van der Waals surface area contributed by atoms with Gasteiger partial charge in [0.15, 0.2) is 0 Å². The molecule has 2 saturated heterocycles. The number of nitrogens with one attached hydrogen (secondary N) is 1. The number of nitrogens with zero attached hydrogens (tertiary/aromatic N) is 5. The molecule has 7 heteroatoms. The summed E-state index contributed by atoms with van der Waals surface area (Å²) in [7, 11) is 2.22. The summed E-state index contributed by atoms with van der Waals surface area (Å²) < 4.78 is 5.55. The average Bonchev–Trinajstić information content (AvgIpc) is 3.45. The lowest BCUT2D eigenvalue weighted by Crippen LogP contribution is -2.39. The number of amidine groups is 1. The van der Waals surface area contributed by atoms with E-state index >= 15 is 0 Å². The first-order valence-corrected chi connectivity index (χ1v) is 12.8. The molecule has 34 heavy (non-hydrogen) atoms. The quantitative estimate of drug-likeness (QED) is 0.731. The third kappa shape index (κ3) is 4.71. The predicted octanol–water partition coefficient (Wildman–Crippen LogP) is 2.76. The van der Waals surface area contributed by atoms with Crippen molar-refractivity contribution in [2.75, 3.05) is 46.4 Å². The van der Waals surface area contributed by atoms with Crippen LogP contribution in [-0.4, -0.2) is 78.0 Å². The summed E-state index contributed by atoms with van der Waals surface area (Å²) in [6.07, 6.45) is 13.7. The second-order valence-electron chi connectivity index (χ2n) is 9.67. The molecule has 2 fully saturated rings. The highest BCUT2D eigenvalue weighted by Crippen LogP contribution is 2.27. The number of fused-ring (bicyclic) bond motifs is 1. The topological polar surface area (TPSA) is 59.5 Å². The Morgan fingerprint density at radius 3 is 2.65 bits per heavy atom. The molecule has 182 valence electrons. The van der Waals surface area contributed by atoms with Crippen molar-refractivity contribution < 1.29 is 4.74 Å². The van der Waals surface area contributed by atoms with E-state index in [9.17, 15) is 0 Å². The number of morpholine rings is 1. The molecule has 0 spiro atoms. The molecular weight excluding hydrogens is 424 g/mol. The molecule has 5 heterocycles. The molecule has 0 aliphatic carbocycles. The molecule has 4 aliphatic heterocycles. The predicted molar refractivity (Wildman–Crippen MR) is 137 cm³/mol. The van der Waals surface area contributed by atoms with Crippen LogP contribution in [-0.2, 0) is 4.74 Å². The number of aromatic amines is 1. The van der Waals surface area contributed by atoms with Gasteiger partial charge in [0.2, 0.25) is 0 Å². The SMILES string of the molecule is CCC1=CC(N(C)C2CCN(C3=c4cc[nH]c4=NC=C(CC)C3)C2)=NC=C(N2CCOCC2)C1.